The first kappa shape index (κ1) is 18.9. The van der Waals surface area contributed by atoms with E-state index in [9.17, 15) is 4.39 Å². The maximum absolute atomic E-state index is 13.1. The zero-order chi connectivity index (χ0) is 18.4. The van der Waals surface area contributed by atoms with E-state index in [0.29, 0.717) is 12.6 Å². The number of hydrogen-bond donors (Lipinski definition) is 1. The lowest BCUT2D eigenvalue weighted by atomic mass is 10.1. The topological polar surface area (TPSA) is 40.1 Å². The van der Waals surface area contributed by atoms with Gasteiger partial charge in [0.05, 0.1) is 6.54 Å². The lowest BCUT2D eigenvalue weighted by Gasteiger charge is -2.26. The van der Waals surface area contributed by atoms with Crippen LogP contribution in [-0.2, 0) is 4.74 Å². The number of likely N-dealkylation sites (tertiary alicyclic amines) is 1. The van der Waals surface area contributed by atoms with Crippen molar-refractivity contribution in [3.8, 4) is 0 Å². The fourth-order valence-corrected chi connectivity index (χ4v) is 3.61. The van der Waals surface area contributed by atoms with Crippen LogP contribution in [0.5, 0.6) is 0 Å². The minimum atomic E-state index is -0.236. The molecule has 0 spiro atoms. The molecule has 1 fully saturated rings. The lowest BCUT2D eigenvalue weighted by molar-refractivity contribution is 0.110. The quantitative estimate of drug-likeness (QED) is 0.481. The first-order valence-corrected chi connectivity index (χ1v) is 9.41. The molecule has 0 saturated carbocycles. The van der Waals surface area contributed by atoms with Crippen molar-refractivity contribution in [2.24, 2.45) is 4.99 Å². The van der Waals surface area contributed by atoms with E-state index in [2.05, 4.69) is 34.2 Å². The van der Waals surface area contributed by atoms with E-state index in [4.69, 9.17) is 9.73 Å². The summed E-state index contributed by atoms with van der Waals surface area (Å²) in [6.07, 6.45) is 5.48. The molecule has 26 heavy (non-hydrogen) atoms. The van der Waals surface area contributed by atoms with E-state index >= 15 is 0 Å². The zero-order valence-electron chi connectivity index (χ0n) is 15.7. The van der Waals surface area contributed by atoms with Gasteiger partial charge in [0.1, 0.15) is 11.9 Å². The van der Waals surface area contributed by atoms with Crippen LogP contribution in [0, 0.1) is 5.82 Å². The molecule has 0 bridgehead atoms. The molecule has 1 aromatic rings. The Morgan fingerprint density at radius 2 is 2.04 bits per heavy atom. The molecule has 2 atom stereocenters. The van der Waals surface area contributed by atoms with Crippen LogP contribution in [0.15, 0.2) is 41.4 Å². The maximum atomic E-state index is 13.1. The van der Waals surface area contributed by atoms with Gasteiger partial charge in [0, 0.05) is 45.9 Å². The van der Waals surface area contributed by atoms with Crippen molar-refractivity contribution in [3.05, 3.63) is 47.8 Å². The third-order valence-corrected chi connectivity index (χ3v) is 5.09. The Hall–Kier alpha value is -1.92. The number of benzene rings is 1. The van der Waals surface area contributed by atoms with Crippen LogP contribution in [0.3, 0.4) is 0 Å². The van der Waals surface area contributed by atoms with Gasteiger partial charge in [0.2, 0.25) is 0 Å². The Bertz CT molecular complexity index is 623. The standard InChI is InChI=1S/C20H29FN4O/c1-3-22-20(25-13-10-18(15-25)24-11-4-5-12-24)23-14-19(26-2)16-6-8-17(21)9-7-16/h4-9,18-19H,3,10-15H2,1-2H3,(H,22,23). The van der Waals surface area contributed by atoms with Gasteiger partial charge < -0.3 is 15.0 Å². The van der Waals surface area contributed by atoms with Gasteiger partial charge in [-0.05, 0) is 31.0 Å². The van der Waals surface area contributed by atoms with Crippen LogP contribution in [0.4, 0.5) is 4.39 Å². The van der Waals surface area contributed by atoms with Crippen LogP contribution in [0.25, 0.3) is 0 Å². The molecule has 1 aromatic carbocycles. The highest BCUT2D eigenvalue weighted by molar-refractivity contribution is 5.80. The average molecular weight is 360 g/mol. The lowest BCUT2D eigenvalue weighted by Crippen LogP contribution is -2.43. The Morgan fingerprint density at radius 3 is 2.69 bits per heavy atom. The van der Waals surface area contributed by atoms with Gasteiger partial charge in [-0.25, -0.2) is 4.39 Å². The Balaban J connectivity index is 1.63. The second-order valence-corrected chi connectivity index (χ2v) is 6.78. The predicted molar refractivity (Wildman–Crippen MR) is 103 cm³/mol. The molecule has 0 aliphatic carbocycles. The molecule has 2 aliphatic heterocycles. The third kappa shape index (κ3) is 4.62. The van der Waals surface area contributed by atoms with Gasteiger partial charge in [-0.2, -0.15) is 0 Å². The molecule has 2 aliphatic rings. The Morgan fingerprint density at radius 1 is 1.31 bits per heavy atom. The smallest absolute Gasteiger partial charge is 0.194 e. The van der Waals surface area contributed by atoms with Crippen molar-refractivity contribution in [2.45, 2.75) is 25.5 Å². The fraction of sp³-hybridized carbons (Fsp3) is 0.550. The van der Waals surface area contributed by atoms with Crippen LogP contribution in [0.1, 0.15) is 25.0 Å². The third-order valence-electron chi connectivity index (χ3n) is 5.09. The van der Waals surface area contributed by atoms with Crippen LogP contribution in [-0.4, -0.2) is 68.2 Å². The van der Waals surface area contributed by atoms with Crippen molar-refractivity contribution in [1.29, 1.82) is 0 Å². The molecule has 2 unspecified atom stereocenters. The van der Waals surface area contributed by atoms with E-state index in [-0.39, 0.29) is 11.9 Å². The summed E-state index contributed by atoms with van der Waals surface area (Å²) in [6, 6.07) is 7.04. The molecular formula is C20H29FN4O. The molecule has 2 heterocycles. The number of aliphatic imine (C=N–C) groups is 1. The molecule has 6 heteroatoms. The van der Waals surface area contributed by atoms with E-state index in [1.807, 2.05) is 0 Å². The van der Waals surface area contributed by atoms with Gasteiger partial charge in [-0.1, -0.05) is 24.3 Å². The highest BCUT2D eigenvalue weighted by Gasteiger charge is 2.29. The number of rotatable bonds is 6. The number of nitrogens with one attached hydrogen (secondary N) is 1. The molecule has 0 radical (unpaired) electrons. The van der Waals surface area contributed by atoms with Crippen molar-refractivity contribution in [2.75, 3.05) is 46.4 Å². The normalized spacial score (nSPS) is 22.2. The minimum absolute atomic E-state index is 0.176. The summed E-state index contributed by atoms with van der Waals surface area (Å²) in [5, 5.41) is 3.40. The predicted octanol–water partition coefficient (Wildman–Crippen LogP) is 2.42. The summed E-state index contributed by atoms with van der Waals surface area (Å²) in [4.78, 5) is 9.66. The summed E-state index contributed by atoms with van der Waals surface area (Å²) in [7, 11) is 1.67. The highest BCUT2D eigenvalue weighted by Crippen LogP contribution is 2.20. The number of guanidine groups is 1. The largest absolute Gasteiger partial charge is 0.375 e. The van der Waals surface area contributed by atoms with Crippen LogP contribution in [0.2, 0.25) is 0 Å². The van der Waals surface area contributed by atoms with E-state index < -0.39 is 0 Å². The van der Waals surface area contributed by atoms with Crippen LogP contribution < -0.4 is 5.32 Å². The van der Waals surface area contributed by atoms with Gasteiger partial charge >= 0.3 is 0 Å². The summed E-state index contributed by atoms with van der Waals surface area (Å²) in [5.74, 6) is 0.700. The SMILES string of the molecule is CCNC(=NCC(OC)c1ccc(F)cc1)N1CCC(N2CC=CC2)C1. The second kappa shape index (κ2) is 9.14. The molecular weight excluding hydrogens is 331 g/mol. The molecule has 5 nitrogen and oxygen atoms in total. The first-order chi connectivity index (χ1) is 12.7. The highest BCUT2D eigenvalue weighted by atomic mass is 19.1. The molecule has 0 aromatic heterocycles. The molecule has 142 valence electrons. The van der Waals surface area contributed by atoms with Gasteiger partial charge in [0.15, 0.2) is 5.96 Å². The van der Waals surface area contributed by atoms with E-state index in [1.54, 1.807) is 19.2 Å². The summed E-state index contributed by atoms with van der Waals surface area (Å²) in [5.41, 5.74) is 0.941. The number of methoxy groups -OCH3 is 1. The fourth-order valence-electron chi connectivity index (χ4n) is 3.61. The maximum Gasteiger partial charge on any atom is 0.194 e. The number of halogens is 1. The first-order valence-electron chi connectivity index (χ1n) is 9.41. The second-order valence-electron chi connectivity index (χ2n) is 6.78. The van der Waals surface area contributed by atoms with Crippen molar-refractivity contribution in [3.63, 3.8) is 0 Å². The van der Waals surface area contributed by atoms with E-state index in [1.165, 1.54) is 12.1 Å². The summed E-state index contributed by atoms with van der Waals surface area (Å²) in [6.45, 7) is 7.56. The van der Waals surface area contributed by atoms with Crippen molar-refractivity contribution in [1.82, 2.24) is 15.1 Å². The Kier molecular flexibility index (Phi) is 6.63. The van der Waals surface area contributed by atoms with Crippen molar-refractivity contribution >= 4 is 5.96 Å². The Labute approximate surface area is 155 Å². The van der Waals surface area contributed by atoms with Gasteiger partial charge in [-0.3, -0.25) is 9.89 Å². The molecule has 0 amide bonds. The monoisotopic (exact) mass is 360 g/mol. The zero-order valence-corrected chi connectivity index (χ0v) is 15.7. The van der Waals surface area contributed by atoms with Crippen LogP contribution >= 0.6 is 0 Å². The molecule has 1 N–H and O–H groups in total. The van der Waals surface area contributed by atoms with Gasteiger partial charge in [0.25, 0.3) is 0 Å². The number of nitrogens with zero attached hydrogens (tertiary/aromatic N) is 3. The van der Waals surface area contributed by atoms with E-state index in [0.717, 1.165) is 50.7 Å². The summed E-state index contributed by atoms with van der Waals surface area (Å²) >= 11 is 0. The average Bonchev–Trinajstić information content (AvgIpc) is 3.34. The summed E-state index contributed by atoms with van der Waals surface area (Å²) < 4.78 is 18.7. The number of ether oxygens (including phenoxy) is 1. The molecule has 1 saturated heterocycles. The molecule has 3 rings (SSSR count). The van der Waals surface area contributed by atoms with Gasteiger partial charge in [-0.15, -0.1) is 0 Å². The minimum Gasteiger partial charge on any atom is -0.375 e. The van der Waals surface area contributed by atoms with Crippen molar-refractivity contribution < 1.29 is 9.13 Å². The number of hydrogen-bond acceptors (Lipinski definition) is 3.